The molecule has 3 nitrogen and oxygen atoms in total. The highest BCUT2D eigenvalue weighted by atomic mass is 16.2. The lowest BCUT2D eigenvalue weighted by Gasteiger charge is -2.47. The van der Waals surface area contributed by atoms with E-state index in [1.165, 1.54) is 58.2 Å². The van der Waals surface area contributed by atoms with E-state index in [9.17, 15) is 4.79 Å². The van der Waals surface area contributed by atoms with E-state index in [0.717, 1.165) is 13.1 Å². The largest absolute Gasteiger partial charge is 0.343 e. The predicted molar refractivity (Wildman–Crippen MR) is 79.1 cm³/mol. The normalized spacial score (nSPS) is 23.8. The Kier molecular flexibility index (Phi) is 5.26. The number of likely N-dealkylation sites (tertiary alicyclic amines) is 2. The number of piperidine rings is 2. The molecule has 2 aliphatic rings. The van der Waals surface area contributed by atoms with Gasteiger partial charge in [0.05, 0.1) is 0 Å². The molecule has 0 aromatic rings. The first-order valence-electron chi connectivity index (χ1n) is 8.19. The number of amides is 1. The van der Waals surface area contributed by atoms with Crippen LogP contribution in [0.3, 0.4) is 0 Å². The molecule has 2 fully saturated rings. The van der Waals surface area contributed by atoms with Crippen LogP contribution < -0.4 is 0 Å². The van der Waals surface area contributed by atoms with Crippen LogP contribution in [0.5, 0.6) is 0 Å². The molecule has 110 valence electrons. The van der Waals surface area contributed by atoms with Crippen LogP contribution >= 0.6 is 0 Å². The summed E-state index contributed by atoms with van der Waals surface area (Å²) in [4.78, 5) is 16.4. The molecule has 0 aromatic carbocycles. The van der Waals surface area contributed by atoms with Gasteiger partial charge in [-0.2, -0.15) is 0 Å². The van der Waals surface area contributed by atoms with Crippen molar-refractivity contribution < 1.29 is 4.79 Å². The highest BCUT2D eigenvalue weighted by molar-refractivity contribution is 5.75. The van der Waals surface area contributed by atoms with Crippen LogP contribution in [0.25, 0.3) is 0 Å². The molecule has 0 aromatic heterocycles. The number of unbranched alkanes of at least 4 members (excludes halogenated alkanes) is 1. The van der Waals surface area contributed by atoms with Crippen LogP contribution in [0.1, 0.15) is 58.8 Å². The van der Waals surface area contributed by atoms with E-state index in [-0.39, 0.29) is 0 Å². The first kappa shape index (κ1) is 14.8. The topological polar surface area (TPSA) is 23.6 Å². The number of carbonyl (C=O) groups excluding carboxylic acids is 1. The highest BCUT2D eigenvalue weighted by Gasteiger charge is 2.37. The van der Waals surface area contributed by atoms with Crippen LogP contribution in [0, 0.1) is 5.41 Å². The minimum atomic E-state index is 0.343. The summed E-state index contributed by atoms with van der Waals surface area (Å²) in [6, 6.07) is 0. The smallest absolute Gasteiger partial charge is 0.222 e. The van der Waals surface area contributed by atoms with Crippen molar-refractivity contribution in [2.75, 3.05) is 32.7 Å². The van der Waals surface area contributed by atoms with Crippen LogP contribution in [0.15, 0.2) is 0 Å². The van der Waals surface area contributed by atoms with Crippen LogP contribution in [0.4, 0.5) is 0 Å². The summed E-state index contributed by atoms with van der Waals surface area (Å²) in [7, 11) is 0. The van der Waals surface area contributed by atoms with Crippen molar-refractivity contribution in [1.29, 1.82) is 0 Å². The molecule has 1 spiro atoms. The minimum Gasteiger partial charge on any atom is -0.343 e. The van der Waals surface area contributed by atoms with E-state index < -0.39 is 0 Å². The minimum absolute atomic E-state index is 0.343. The molecule has 2 saturated heterocycles. The van der Waals surface area contributed by atoms with Gasteiger partial charge in [0.2, 0.25) is 5.91 Å². The van der Waals surface area contributed by atoms with Gasteiger partial charge < -0.3 is 9.80 Å². The van der Waals surface area contributed by atoms with Crippen molar-refractivity contribution in [3.8, 4) is 0 Å². The van der Waals surface area contributed by atoms with Crippen molar-refractivity contribution in [1.82, 2.24) is 9.80 Å². The Hall–Kier alpha value is -0.570. The maximum Gasteiger partial charge on any atom is 0.222 e. The monoisotopic (exact) mass is 266 g/mol. The van der Waals surface area contributed by atoms with Gasteiger partial charge in [-0.15, -0.1) is 0 Å². The van der Waals surface area contributed by atoms with Crippen LogP contribution in [-0.2, 0) is 4.79 Å². The molecule has 0 atom stereocenters. The second-order valence-corrected chi connectivity index (χ2v) is 6.43. The molecule has 0 bridgehead atoms. The first-order chi connectivity index (χ1) is 9.19. The Labute approximate surface area is 118 Å². The standard InChI is InChI=1S/C16H30N2O/c1-3-5-10-17-11-6-16(7-12-17)8-13-18(14-9-16)15(19)4-2/h3-14H2,1-2H3. The molecule has 2 heterocycles. The van der Waals surface area contributed by atoms with Crippen LogP contribution in [0.2, 0.25) is 0 Å². The second kappa shape index (κ2) is 6.74. The maximum atomic E-state index is 11.7. The number of nitrogens with zero attached hydrogens (tertiary/aromatic N) is 2. The summed E-state index contributed by atoms with van der Waals surface area (Å²) in [6.07, 6.45) is 8.48. The van der Waals surface area contributed by atoms with E-state index >= 15 is 0 Å². The number of rotatable bonds is 4. The van der Waals surface area contributed by atoms with Gasteiger partial charge in [-0.3, -0.25) is 4.79 Å². The molecule has 1 amide bonds. The molecule has 2 aliphatic heterocycles. The summed E-state index contributed by atoms with van der Waals surface area (Å²) < 4.78 is 0. The lowest BCUT2D eigenvalue weighted by Crippen LogP contribution is -2.48. The fraction of sp³-hybridized carbons (Fsp3) is 0.938. The van der Waals surface area contributed by atoms with Crippen molar-refractivity contribution >= 4 is 5.91 Å². The third-order valence-corrected chi connectivity index (χ3v) is 5.22. The fourth-order valence-electron chi connectivity index (χ4n) is 3.59. The van der Waals surface area contributed by atoms with E-state index in [2.05, 4.69) is 16.7 Å². The number of hydrogen-bond donors (Lipinski definition) is 0. The molecule has 2 rings (SSSR count). The zero-order valence-electron chi connectivity index (χ0n) is 12.8. The summed E-state index contributed by atoms with van der Waals surface area (Å²) in [5.74, 6) is 0.343. The molecule has 0 radical (unpaired) electrons. The van der Waals surface area contributed by atoms with Crippen molar-refractivity contribution in [3.63, 3.8) is 0 Å². The number of carbonyl (C=O) groups is 1. The quantitative estimate of drug-likeness (QED) is 0.781. The SMILES string of the molecule is CCCCN1CCC2(CC1)CCN(C(=O)CC)CC2. The molecule has 0 saturated carbocycles. The molecule has 0 N–H and O–H groups in total. The van der Waals surface area contributed by atoms with E-state index in [1.807, 2.05) is 6.92 Å². The lowest BCUT2D eigenvalue weighted by molar-refractivity contribution is -0.133. The highest BCUT2D eigenvalue weighted by Crippen LogP contribution is 2.41. The molecule has 3 heteroatoms. The van der Waals surface area contributed by atoms with E-state index in [1.54, 1.807) is 0 Å². The molecule has 0 aliphatic carbocycles. The fourth-order valence-corrected chi connectivity index (χ4v) is 3.59. The first-order valence-corrected chi connectivity index (χ1v) is 8.19. The van der Waals surface area contributed by atoms with Crippen LogP contribution in [-0.4, -0.2) is 48.4 Å². The molecular formula is C16H30N2O. The van der Waals surface area contributed by atoms with Gasteiger partial charge in [-0.05, 0) is 57.2 Å². The summed E-state index contributed by atoms with van der Waals surface area (Å²) in [6.45, 7) is 10.1. The lowest BCUT2D eigenvalue weighted by atomic mass is 9.71. The Morgan fingerprint density at radius 3 is 2.11 bits per heavy atom. The van der Waals surface area contributed by atoms with Gasteiger partial charge in [0, 0.05) is 19.5 Å². The number of hydrogen-bond acceptors (Lipinski definition) is 2. The molecule has 19 heavy (non-hydrogen) atoms. The van der Waals surface area contributed by atoms with Gasteiger partial charge >= 0.3 is 0 Å². The molecule has 0 unspecified atom stereocenters. The third-order valence-electron chi connectivity index (χ3n) is 5.22. The van der Waals surface area contributed by atoms with Gasteiger partial charge in [-0.25, -0.2) is 0 Å². The van der Waals surface area contributed by atoms with E-state index in [0.29, 0.717) is 17.7 Å². The maximum absolute atomic E-state index is 11.7. The third kappa shape index (κ3) is 3.71. The van der Waals surface area contributed by atoms with Crippen molar-refractivity contribution in [3.05, 3.63) is 0 Å². The Morgan fingerprint density at radius 2 is 1.58 bits per heavy atom. The zero-order chi connectivity index (χ0) is 13.7. The molecular weight excluding hydrogens is 236 g/mol. The zero-order valence-corrected chi connectivity index (χ0v) is 12.8. The van der Waals surface area contributed by atoms with E-state index in [4.69, 9.17) is 0 Å². The summed E-state index contributed by atoms with van der Waals surface area (Å²) in [5, 5.41) is 0. The Bertz CT molecular complexity index is 285. The average molecular weight is 266 g/mol. The van der Waals surface area contributed by atoms with Gasteiger partial charge in [-0.1, -0.05) is 20.3 Å². The average Bonchev–Trinajstić information content (AvgIpc) is 2.47. The van der Waals surface area contributed by atoms with Gasteiger partial charge in [0.25, 0.3) is 0 Å². The van der Waals surface area contributed by atoms with Gasteiger partial charge in [0.15, 0.2) is 0 Å². The second-order valence-electron chi connectivity index (χ2n) is 6.43. The summed E-state index contributed by atoms with van der Waals surface area (Å²) >= 11 is 0. The Balaban J connectivity index is 1.76. The Morgan fingerprint density at radius 1 is 1.00 bits per heavy atom. The van der Waals surface area contributed by atoms with Crippen molar-refractivity contribution in [2.45, 2.75) is 58.8 Å². The summed E-state index contributed by atoms with van der Waals surface area (Å²) in [5.41, 5.74) is 0.563. The van der Waals surface area contributed by atoms with Gasteiger partial charge in [0.1, 0.15) is 0 Å². The predicted octanol–water partition coefficient (Wildman–Crippen LogP) is 2.90. The van der Waals surface area contributed by atoms with Crippen molar-refractivity contribution in [2.24, 2.45) is 5.41 Å².